The van der Waals surface area contributed by atoms with Crippen LogP contribution in [0.4, 0.5) is 29.6 Å². The van der Waals surface area contributed by atoms with E-state index in [1.807, 2.05) is 39.8 Å². The van der Waals surface area contributed by atoms with Gasteiger partial charge in [-0.3, -0.25) is 9.80 Å². The Bertz CT molecular complexity index is 2560. The molecule has 0 saturated carbocycles. The van der Waals surface area contributed by atoms with Gasteiger partial charge in [0.05, 0.1) is 28.6 Å². The molecule has 12 nitrogen and oxygen atoms in total. The second-order valence-corrected chi connectivity index (χ2v) is 26.9. The molecule has 2 unspecified atom stereocenters. The molecule has 4 aliphatic heterocycles. The summed E-state index contributed by atoms with van der Waals surface area (Å²) in [6.45, 7) is 20.8. The fourth-order valence-electron chi connectivity index (χ4n) is 11.8. The molecular formula is C51H68F3N7O5Si. The number of hydrogen-bond donors (Lipinski definition) is 0. The van der Waals surface area contributed by atoms with Gasteiger partial charge in [0.25, 0.3) is 0 Å². The van der Waals surface area contributed by atoms with Gasteiger partial charge in [-0.05, 0) is 93.2 Å². The van der Waals surface area contributed by atoms with Crippen LogP contribution < -0.4 is 19.3 Å². The van der Waals surface area contributed by atoms with Crippen LogP contribution >= 0.6 is 0 Å². The number of piperazine rings is 1. The van der Waals surface area contributed by atoms with E-state index >= 15 is 8.78 Å². The maximum atomic E-state index is 18.3. The number of anilines is 2. The van der Waals surface area contributed by atoms with E-state index in [9.17, 15) is 9.18 Å². The molecule has 0 spiro atoms. The minimum atomic E-state index is -2.36. The number of aromatic nitrogens is 3. The summed E-state index contributed by atoms with van der Waals surface area (Å²) in [6.07, 6.45) is 2.21. The van der Waals surface area contributed by atoms with Gasteiger partial charge in [-0.2, -0.15) is 9.97 Å². The number of benzene rings is 2. The third-order valence-electron chi connectivity index (χ3n) is 14.7. The summed E-state index contributed by atoms with van der Waals surface area (Å²) in [4.78, 5) is 36.5. The Kier molecular flexibility index (Phi) is 13.5. The Hall–Kier alpha value is -4.85. The van der Waals surface area contributed by atoms with Crippen molar-refractivity contribution >= 4 is 47.5 Å². The first-order chi connectivity index (χ1) is 31.7. The highest BCUT2D eigenvalue weighted by atomic mass is 28.3. The molecule has 8 rings (SSSR count). The van der Waals surface area contributed by atoms with E-state index in [1.54, 1.807) is 23.1 Å². The van der Waals surface area contributed by atoms with Gasteiger partial charge in [0, 0.05) is 58.2 Å². The predicted molar refractivity (Wildman–Crippen MR) is 261 cm³/mol. The fraction of sp³-hybridized carbons (Fsp3) is 0.608. The minimum absolute atomic E-state index is 0.0440. The number of carbonyl (C=O) groups is 1. The number of nitrogens with zero attached hydrogens (tertiary/aromatic N) is 7. The van der Waals surface area contributed by atoms with Crippen molar-refractivity contribution < 1.29 is 36.9 Å². The van der Waals surface area contributed by atoms with Crippen LogP contribution in [0, 0.1) is 23.1 Å². The van der Waals surface area contributed by atoms with E-state index in [2.05, 4.69) is 62.8 Å². The number of amides is 1. The third kappa shape index (κ3) is 9.00. The van der Waals surface area contributed by atoms with E-state index in [1.165, 1.54) is 13.2 Å². The molecule has 2 bridgehead atoms. The second kappa shape index (κ2) is 18.6. The quantitative estimate of drug-likeness (QED) is 0.0770. The SMILES string of the molecule is COCOc1cc(-c2nc(N(C)C)c3c(N4CC5CCC(C4)N5C(=O)OC(C)(C)C)nc(OC[C@@]45CCCN4C[C@H](F)C5)nc3c2F)c2c(C#C[Si](C(C)C)(C(C)C)C(C)C)c(F)ccc2c1. The van der Waals surface area contributed by atoms with Gasteiger partial charge < -0.3 is 28.7 Å². The Balaban J connectivity index is 1.35. The lowest BCUT2D eigenvalue weighted by atomic mass is 9.95. The Morgan fingerprint density at radius 2 is 1.64 bits per heavy atom. The molecule has 16 heteroatoms. The van der Waals surface area contributed by atoms with Gasteiger partial charge in [-0.15, -0.1) is 5.54 Å². The van der Waals surface area contributed by atoms with E-state index in [0.29, 0.717) is 59.6 Å². The number of pyridine rings is 1. The van der Waals surface area contributed by atoms with Gasteiger partial charge in [-0.1, -0.05) is 53.5 Å². The molecule has 4 saturated heterocycles. The maximum Gasteiger partial charge on any atom is 0.410 e. The average Bonchev–Trinajstić information content (AvgIpc) is 3.88. The molecule has 4 aromatic rings. The van der Waals surface area contributed by atoms with E-state index < -0.39 is 37.0 Å². The summed E-state index contributed by atoms with van der Waals surface area (Å²) < 4.78 is 73.5. The monoisotopic (exact) mass is 944 g/mol. The van der Waals surface area contributed by atoms with Crippen molar-refractivity contribution in [1.82, 2.24) is 24.8 Å². The molecule has 6 heterocycles. The van der Waals surface area contributed by atoms with Crippen LogP contribution in [0.15, 0.2) is 24.3 Å². The highest BCUT2D eigenvalue weighted by Gasteiger charge is 2.50. The molecule has 0 N–H and O–H groups in total. The van der Waals surface area contributed by atoms with Crippen LogP contribution in [0.5, 0.6) is 11.8 Å². The zero-order valence-corrected chi connectivity index (χ0v) is 42.4. The van der Waals surface area contributed by atoms with Gasteiger partial charge in [0.15, 0.2) is 12.6 Å². The van der Waals surface area contributed by atoms with E-state index in [-0.39, 0.29) is 76.5 Å². The third-order valence-corrected chi connectivity index (χ3v) is 21.0. The topological polar surface area (TPSA) is 106 Å². The van der Waals surface area contributed by atoms with E-state index in [0.717, 1.165) is 32.2 Å². The van der Waals surface area contributed by atoms with E-state index in [4.69, 9.17) is 33.9 Å². The molecule has 4 fully saturated rings. The standard InChI is InChI=1S/C51H68F3N7O5Si/c1-30(2)67(31(3)4,32(5)6)21-18-38-40(53)17-14-33-22-37(65-29-63-12)23-39(41(33)38)44-43(54)45-42(46(55-44)58(10)11)47(57-48(56-45)64-28-51-19-13-20-60(51)25-34(52)24-51)59-26-35-15-16-36(27-59)61(35)49(62)66-50(7,8)9/h14,17,22-23,30-32,34-36H,13,15-16,19-20,24-29H2,1-12H3/t34-,35?,36?,51+/m1/s1. The van der Waals surface area contributed by atoms with Crippen molar-refractivity contribution in [2.75, 3.05) is 70.6 Å². The molecule has 1 amide bonds. The Morgan fingerprint density at radius 1 is 0.955 bits per heavy atom. The highest BCUT2D eigenvalue weighted by molar-refractivity contribution is 6.90. The largest absolute Gasteiger partial charge is 0.468 e. The molecule has 4 atom stereocenters. The van der Waals surface area contributed by atoms with Crippen LogP contribution in [0.3, 0.4) is 0 Å². The molecule has 2 aromatic carbocycles. The fourth-order valence-corrected chi connectivity index (χ4v) is 17.0. The number of hydrogen-bond acceptors (Lipinski definition) is 11. The lowest BCUT2D eigenvalue weighted by molar-refractivity contribution is 0.0122. The summed E-state index contributed by atoms with van der Waals surface area (Å²) in [5, 5.41) is 1.34. The average molecular weight is 944 g/mol. The Morgan fingerprint density at radius 3 is 2.27 bits per heavy atom. The first-order valence-electron chi connectivity index (χ1n) is 24.0. The first-order valence-corrected chi connectivity index (χ1v) is 26.2. The number of carbonyl (C=O) groups excluding carboxylic acids is 1. The lowest BCUT2D eigenvalue weighted by Gasteiger charge is -2.42. The van der Waals surface area contributed by atoms with Gasteiger partial charge in [0.1, 0.15) is 60.9 Å². The highest BCUT2D eigenvalue weighted by Crippen LogP contribution is 2.46. The molecule has 0 radical (unpaired) electrons. The van der Waals surface area contributed by atoms with Crippen LogP contribution in [-0.2, 0) is 9.47 Å². The summed E-state index contributed by atoms with van der Waals surface area (Å²) in [5.74, 6) is 3.22. The predicted octanol–water partition coefficient (Wildman–Crippen LogP) is 10.3. The van der Waals surface area contributed by atoms with Crippen molar-refractivity contribution in [1.29, 1.82) is 0 Å². The zero-order chi connectivity index (χ0) is 48.3. The van der Waals surface area contributed by atoms with Crippen molar-refractivity contribution in [3.05, 3.63) is 41.5 Å². The van der Waals surface area contributed by atoms with Gasteiger partial charge in [0.2, 0.25) is 0 Å². The normalized spacial score (nSPS) is 22.0. The number of rotatable bonds is 12. The molecule has 362 valence electrons. The van der Waals surface area contributed by atoms with Crippen LogP contribution in [0.2, 0.25) is 16.6 Å². The van der Waals surface area contributed by atoms with Gasteiger partial charge in [-0.25, -0.2) is 22.9 Å². The van der Waals surface area contributed by atoms with Crippen molar-refractivity contribution in [2.24, 2.45) is 0 Å². The molecular weight excluding hydrogens is 876 g/mol. The number of ether oxygens (including phenoxy) is 4. The van der Waals surface area contributed by atoms with Crippen molar-refractivity contribution in [3.63, 3.8) is 0 Å². The smallest absolute Gasteiger partial charge is 0.410 e. The van der Waals surface area contributed by atoms with Crippen LogP contribution in [-0.4, -0.2) is 129 Å². The number of fused-ring (bicyclic) bond motifs is 5. The molecule has 67 heavy (non-hydrogen) atoms. The molecule has 0 aliphatic carbocycles. The number of methoxy groups -OCH3 is 1. The van der Waals surface area contributed by atoms with Crippen molar-refractivity contribution in [3.8, 4) is 34.5 Å². The Labute approximate surface area is 394 Å². The zero-order valence-electron chi connectivity index (χ0n) is 41.4. The summed E-state index contributed by atoms with van der Waals surface area (Å²) in [5.41, 5.74) is 3.69. The maximum absolute atomic E-state index is 18.3. The number of halogens is 3. The van der Waals surface area contributed by atoms with Crippen LogP contribution in [0.25, 0.3) is 32.9 Å². The summed E-state index contributed by atoms with van der Waals surface area (Å²) in [7, 11) is 2.80. The van der Waals surface area contributed by atoms with Crippen LogP contribution in [0.1, 0.15) is 100.0 Å². The molecule has 4 aliphatic rings. The van der Waals surface area contributed by atoms with Crippen molar-refractivity contribution in [2.45, 2.75) is 140 Å². The first kappa shape index (κ1) is 48.6. The summed E-state index contributed by atoms with van der Waals surface area (Å²) >= 11 is 0. The lowest BCUT2D eigenvalue weighted by Crippen LogP contribution is -2.57. The minimum Gasteiger partial charge on any atom is -0.468 e. The summed E-state index contributed by atoms with van der Waals surface area (Å²) in [6, 6.07) is 6.06. The second-order valence-electron chi connectivity index (χ2n) is 21.3. The molecule has 2 aromatic heterocycles. The van der Waals surface area contributed by atoms with Gasteiger partial charge >= 0.3 is 12.1 Å². The number of alkyl halides is 1.